The first kappa shape index (κ1) is 11.8. The number of nitrogens with one attached hydrogen (secondary N) is 1. The molecule has 0 aromatic heterocycles. The van der Waals surface area contributed by atoms with E-state index in [1.54, 1.807) is 0 Å². The molecule has 0 aliphatic carbocycles. The van der Waals surface area contributed by atoms with Gasteiger partial charge in [0.25, 0.3) is 0 Å². The van der Waals surface area contributed by atoms with E-state index in [4.69, 9.17) is 0 Å². The highest BCUT2D eigenvalue weighted by atomic mass is 19.4. The van der Waals surface area contributed by atoms with Crippen molar-refractivity contribution in [1.29, 1.82) is 0 Å². The molecule has 0 aromatic carbocycles. The Hall–Kier alpha value is -0.320. The van der Waals surface area contributed by atoms with E-state index in [2.05, 4.69) is 5.32 Å². The summed E-state index contributed by atoms with van der Waals surface area (Å²) >= 11 is 0. The lowest BCUT2D eigenvalue weighted by molar-refractivity contribution is -0.142. The third-order valence-corrected chi connectivity index (χ3v) is 2.58. The number of hydrogen-bond donors (Lipinski definition) is 1. The van der Waals surface area contributed by atoms with Crippen molar-refractivity contribution in [1.82, 2.24) is 5.32 Å². The normalized spacial score (nSPS) is 30.0. The van der Waals surface area contributed by atoms with Crippen molar-refractivity contribution >= 4 is 0 Å². The van der Waals surface area contributed by atoms with Crippen LogP contribution in [0, 0.1) is 0 Å². The van der Waals surface area contributed by atoms with Crippen molar-refractivity contribution < 1.29 is 17.6 Å². The van der Waals surface area contributed by atoms with E-state index in [0.717, 1.165) is 0 Å². The van der Waals surface area contributed by atoms with Crippen molar-refractivity contribution in [3.8, 4) is 0 Å². The molecule has 1 N–H and O–H groups in total. The lowest BCUT2D eigenvalue weighted by Crippen LogP contribution is -2.27. The Balaban J connectivity index is 2.39. The van der Waals surface area contributed by atoms with Crippen LogP contribution in [0.25, 0.3) is 0 Å². The Morgan fingerprint density at radius 2 is 1.86 bits per heavy atom. The molecule has 84 valence electrons. The van der Waals surface area contributed by atoms with Gasteiger partial charge in [-0.2, -0.15) is 13.2 Å². The summed E-state index contributed by atoms with van der Waals surface area (Å²) in [6.45, 7) is 1.19. The molecule has 1 unspecified atom stereocenters. The molecule has 0 spiro atoms. The maximum Gasteiger partial charge on any atom is 0.389 e. The van der Waals surface area contributed by atoms with Gasteiger partial charge in [0.05, 0.1) is 0 Å². The minimum atomic E-state index is -4.24. The molecule has 0 amide bonds. The van der Waals surface area contributed by atoms with Gasteiger partial charge in [-0.05, 0) is 38.8 Å². The zero-order chi connectivity index (χ0) is 10.7. The van der Waals surface area contributed by atoms with E-state index in [9.17, 15) is 17.6 Å². The molecule has 5 heteroatoms. The molecule has 1 aliphatic rings. The van der Waals surface area contributed by atoms with Gasteiger partial charge in [0.15, 0.2) is 0 Å². The smallest absolute Gasteiger partial charge is 0.317 e. The van der Waals surface area contributed by atoms with E-state index >= 15 is 0 Å². The predicted molar refractivity (Wildman–Crippen MR) is 45.8 cm³/mol. The Bertz CT molecular complexity index is 170. The van der Waals surface area contributed by atoms with Gasteiger partial charge < -0.3 is 5.32 Å². The molecule has 1 heterocycles. The van der Waals surface area contributed by atoms with Crippen LogP contribution in [0.5, 0.6) is 0 Å². The van der Waals surface area contributed by atoms with E-state index in [1.807, 2.05) is 0 Å². The molecule has 1 atom stereocenters. The fourth-order valence-electron chi connectivity index (χ4n) is 1.71. The monoisotopic (exact) mass is 213 g/mol. The first-order chi connectivity index (χ1) is 6.41. The molecule has 0 aromatic rings. The van der Waals surface area contributed by atoms with Gasteiger partial charge in [-0.3, -0.25) is 0 Å². The summed E-state index contributed by atoms with van der Waals surface area (Å²) in [5, 5.41) is 2.98. The Kier molecular flexibility index (Phi) is 3.75. The van der Waals surface area contributed by atoms with Crippen molar-refractivity contribution in [3.05, 3.63) is 0 Å². The molecular weight excluding hydrogens is 198 g/mol. The highest BCUT2D eigenvalue weighted by Crippen LogP contribution is 2.33. The highest BCUT2D eigenvalue weighted by Gasteiger charge is 2.36. The summed E-state index contributed by atoms with van der Waals surface area (Å²) in [4.78, 5) is 0. The van der Waals surface area contributed by atoms with Crippen LogP contribution in [0.15, 0.2) is 0 Å². The van der Waals surface area contributed by atoms with Gasteiger partial charge >= 0.3 is 6.18 Å². The second-order valence-electron chi connectivity index (χ2n) is 3.87. The average Bonchev–Trinajstić information content (AvgIpc) is 2.27. The Labute approximate surface area is 80.9 Å². The molecule has 1 saturated heterocycles. The molecule has 1 rings (SSSR count). The zero-order valence-corrected chi connectivity index (χ0v) is 7.96. The van der Waals surface area contributed by atoms with Crippen LogP contribution < -0.4 is 5.32 Å². The van der Waals surface area contributed by atoms with Crippen molar-refractivity contribution in [2.24, 2.45) is 0 Å². The number of alkyl halides is 4. The maximum absolute atomic E-state index is 13.8. The summed E-state index contributed by atoms with van der Waals surface area (Å²) in [5.41, 5.74) is -1.61. The molecule has 0 bridgehead atoms. The summed E-state index contributed by atoms with van der Waals surface area (Å²) in [5.74, 6) is 0. The second-order valence-corrected chi connectivity index (χ2v) is 3.87. The second kappa shape index (κ2) is 4.47. The van der Waals surface area contributed by atoms with E-state index in [1.165, 1.54) is 0 Å². The van der Waals surface area contributed by atoms with Gasteiger partial charge in [-0.15, -0.1) is 0 Å². The van der Waals surface area contributed by atoms with Crippen LogP contribution >= 0.6 is 0 Å². The Morgan fingerprint density at radius 1 is 1.14 bits per heavy atom. The van der Waals surface area contributed by atoms with Crippen LogP contribution in [0.3, 0.4) is 0 Å². The van der Waals surface area contributed by atoms with Gasteiger partial charge in [0, 0.05) is 6.42 Å². The van der Waals surface area contributed by atoms with Crippen LogP contribution in [0.2, 0.25) is 0 Å². The third-order valence-electron chi connectivity index (χ3n) is 2.58. The lowest BCUT2D eigenvalue weighted by atomic mass is 9.91. The first-order valence-electron chi connectivity index (χ1n) is 4.88. The summed E-state index contributed by atoms with van der Waals surface area (Å²) in [6, 6.07) is 0. The minimum Gasteiger partial charge on any atom is -0.317 e. The molecule has 14 heavy (non-hydrogen) atoms. The lowest BCUT2D eigenvalue weighted by Gasteiger charge is -2.23. The van der Waals surface area contributed by atoms with Gasteiger partial charge in [-0.25, -0.2) is 4.39 Å². The average molecular weight is 213 g/mol. The molecule has 1 fully saturated rings. The van der Waals surface area contributed by atoms with Gasteiger partial charge in [0.1, 0.15) is 5.67 Å². The third kappa shape index (κ3) is 4.26. The van der Waals surface area contributed by atoms with Crippen molar-refractivity contribution in [2.45, 2.75) is 43.9 Å². The Morgan fingerprint density at radius 3 is 2.50 bits per heavy atom. The zero-order valence-electron chi connectivity index (χ0n) is 7.96. The minimum absolute atomic E-state index is 0.198. The fraction of sp³-hybridized carbons (Fsp3) is 1.00. The molecule has 1 aliphatic heterocycles. The number of rotatable bonds is 2. The molecule has 0 radical (unpaired) electrons. The molecule has 0 saturated carbocycles. The van der Waals surface area contributed by atoms with E-state index < -0.39 is 24.7 Å². The predicted octanol–water partition coefficient (Wildman–Crippen LogP) is 2.81. The topological polar surface area (TPSA) is 12.0 Å². The summed E-state index contributed by atoms with van der Waals surface area (Å²) in [7, 11) is 0. The molecular formula is C9H15F4N. The van der Waals surface area contributed by atoms with Crippen LogP contribution in [0.1, 0.15) is 32.1 Å². The number of halogens is 4. The first-order valence-corrected chi connectivity index (χ1v) is 4.88. The standard InChI is InChI=1S/C9H15F4N/c10-8(3-4-9(11,12)13)2-1-6-14-7-5-8/h14H,1-7H2. The van der Waals surface area contributed by atoms with Crippen LogP contribution in [0.4, 0.5) is 17.6 Å². The van der Waals surface area contributed by atoms with Crippen LogP contribution in [-0.4, -0.2) is 24.9 Å². The summed E-state index contributed by atoms with van der Waals surface area (Å²) in [6.07, 6.45) is -4.58. The van der Waals surface area contributed by atoms with Gasteiger partial charge in [0.2, 0.25) is 0 Å². The SMILES string of the molecule is FC(F)(F)CCC1(F)CCCNCC1. The molecule has 1 nitrogen and oxygen atoms in total. The van der Waals surface area contributed by atoms with Crippen molar-refractivity contribution in [3.63, 3.8) is 0 Å². The van der Waals surface area contributed by atoms with Crippen LogP contribution in [-0.2, 0) is 0 Å². The van der Waals surface area contributed by atoms with Gasteiger partial charge in [-0.1, -0.05) is 0 Å². The quantitative estimate of drug-likeness (QED) is 0.695. The largest absolute Gasteiger partial charge is 0.389 e. The van der Waals surface area contributed by atoms with E-state index in [0.29, 0.717) is 19.5 Å². The highest BCUT2D eigenvalue weighted by molar-refractivity contribution is 4.83. The van der Waals surface area contributed by atoms with E-state index in [-0.39, 0.29) is 12.8 Å². The maximum atomic E-state index is 13.8. The number of hydrogen-bond acceptors (Lipinski definition) is 1. The fourth-order valence-corrected chi connectivity index (χ4v) is 1.71. The van der Waals surface area contributed by atoms with Crippen molar-refractivity contribution in [2.75, 3.05) is 13.1 Å². The summed E-state index contributed by atoms with van der Waals surface area (Å²) < 4.78 is 49.5.